The molecule has 0 bridgehead atoms. The Bertz CT molecular complexity index is 1230. The number of hydrogen-bond donors (Lipinski definition) is 1. The highest BCUT2D eigenvalue weighted by molar-refractivity contribution is 5.94. The summed E-state index contributed by atoms with van der Waals surface area (Å²) < 4.78 is 2.05. The SMILES string of the molecule is CN(C)CCCNC(=O)c1ccc(-c2cn3c(-c4ccc(N(C)C)cc4)cnc3cn2)cc1. The minimum absolute atomic E-state index is 0.0539. The second-order valence-electron chi connectivity index (χ2n) is 8.58. The van der Waals surface area contributed by atoms with Crippen molar-refractivity contribution < 1.29 is 4.79 Å². The van der Waals surface area contributed by atoms with Crippen LogP contribution in [0.1, 0.15) is 16.8 Å². The Balaban J connectivity index is 1.53. The molecule has 0 radical (unpaired) electrons. The first-order valence-corrected chi connectivity index (χ1v) is 11.1. The van der Waals surface area contributed by atoms with Crippen LogP contribution in [0.4, 0.5) is 5.69 Å². The van der Waals surface area contributed by atoms with Crippen LogP contribution in [0.25, 0.3) is 28.2 Å². The predicted octanol–water partition coefficient (Wildman–Crippen LogP) is 3.81. The maximum atomic E-state index is 12.4. The van der Waals surface area contributed by atoms with E-state index in [2.05, 4.69) is 53.8 Å². The quantitative estimate of drug-likeness (QED) is 0.421. The molecule has 4 aromatic rings. The topological polar surface area (TPSA) is 65.8 Å². The second-order valence-corrected chi connectivity index (χ2v) is 8.58. The third-order valence-electron chi connectivity index (χ3n) is 5.59. The highest BCUT2D eigenvalue weighted by atomic mass is 16.1. The first kappa shape index (κ1) is 22.5. The Morgan fingerprint density at radius 1 is 0.909 bits per heavy atom. The number of benzene rings is 2. The van der Waals surface area contributed by atoms with E-state index in [1.165, 1.54) is 0 Å². The van der Waals surface area contributed by atoms with Gasteiger partial charge in [0.2, 0.25) is 0 Å². The van der Waals surface area contributed by atoms with Crippen molar-refractivity contribution in [2.75, 3.05) is 46.2 Å². The summed E-state index contributed by atoms with van der Waals surface area (Å²) in [6, 6.07) is 16.0. The summed E-state index contributed by atoms with van der Waals surface area (Å²) in [6.07, 6.45) is 6.56. The van der Waals surface area contributed by atoms with Crippen LogP contribution in [0.5, 0.6) is 0 Å². The third-order valence-corrected chi connectivity index (χ3v) is 5.59. The van der Waals surface area contributed by atoms with Crippen LogP contribution in [0.15, 0.2) is 67.1 Å². The third kappa shape index (κ3) is 5.21. The largest absolute Gasteiger partial charge is 0.378 e. The lowest BCUT2D eigenvalue weighted by atomic mass is 10.1. The van der Waals surface area contributed by atoms with Crippen LogP contribution in [-0.4, -0.2) is 66.5 Å². The molecule has 0 fully saturated rings. The molecule has 7 heteroatoms. The standard InChI is InChI=1S/C26H30N6O/c1-30(2)15-5-14-27-26(33)21-8-6-19(7-9-21)23-18-32-24(16-29-25(32)17-28-23)20-10-12-22(13-11-20)31(3)4/h6-13,16-18H,5,14-15H2,1-4H3,(H,27,33). The highest BCUT2D eigenvalue weighted by Gasteiger charge is 2.10. The van der Waals surface area contributed by atoms with Gasteiger partial charge in [0.05, 0.1) is 23.8 Å². The monoisotopic (exact) mass is 442 g/mol. The normalized spacial score (nSPS) is 11.2. The molecule has 7 nitrogen and oxygen atoms in total. The van der Waals surface area contributed by atoms with E-state index in [0.29, 0.717) is 12.1 Å². The zero-order valence-electron chi connectivity index (χ0n) is 19.6. The van der Waals surface area contributed by atoms with Crippen molar-refractivity contribution in [3.8, 4) is 22.5 Å². The van der Waals surface area contributed by atoms with E-state index in [4.69, 9.17) is 0 Å². The number of carbonyl (C=O) groups excluding carboxylic acids is 1. The lowest BCUT2D eigenvalue weighted by Crippen LogP contribution is -2.27. The van der Waals surface area contributed by atoms with E-state index in [0.717, 1.165) is 46.8 Å². The van der Waals surface area contributed by atoms with Crippen molar-refractivity contribution in [1.29, 1.82) is 0 Å². The summed E-state index contributed by atoms with van der Waals surface area (Å²) in [4.78, 5) is 25.7. The maximum Gasteiger partial charge on any atom is 0.251 e. The molecule has 0 spiro atoms. The number of hydrogen-bond acceptors (Lipinski definition) is 5. The van der Waals surface area contributed by atoms with Crippen LogP contribution in [0.3, 0.4) is 0 Å². The molecule has 1 amide bonds. The van der Waals surface area contributed by atoms with Crippen LogP contribution in [0.2, 0.25) is 0 Å². The van der Waals surface area contributed by atoms with Crippen LogP contribution in [0, 0.1) is 0 Å². The number of rotatable bonds is 8. The molecule has 0 saturated heterocycles. The molecule has 4 rings (SSSR count). The molecule has 0 unspecified atom stereocenters. The fraction of sp³-hybridized carbons (Fsp3) is 0.269. The molecule has 1 N–H and O–H groups in total. The number of anilines is 1. The van der Waals surface area contributed by atoms with Gasteiger partial charge in [0, 0.05) is 49.2 Å². The first-order valence-electron chi connectivity index (χ1n) is 11.1. The summed E-state index contributed by atoms with van der Waals surface area (Å²) >= 11 is 0. The Morgan fingerprint density at radius 3 is 2.27 bits per heavy atom. The van der Waals surface area contributed by atoms with Crippen molar-refractivity contribution in [1.82, 2.24) is 24.6 Å². The second kappa shape index (κ2) is 9.83. The van der Waals surface area contributed by atoms with Crippen molar-refractivity contribution in [2.45, 2.75) is 6.42 Å². The molecule has 2 heterocycles. The molecule has 0 saturated carbocycles. The van der Waals surface area contributed by atoms with E-state index < -0.39 is 0 Å². The minimum Gasteiger partial charge on any atom is -0.378 e. The van der Waals surface area contributed by atoms with Gasteiger partial charge in [0.25, 0.3) is 5.91 Å². The van der Waals surface area contributed by atoms with Gasteiger partial charge in [-0.25, -0.2) is 4.98 Å². The smallest absolute Gasteiger partial charge is 0.251 e. The molecule has 2 aromatic carbocycles. The maximum absolute atomic E-state index is 12.4. The Kier molecular flexibility index (Phi) is 6.70. The molecular weight excluding hydrogens is 412 g/mol. The number of nitrogens with one attached hydrogen (secondary N) is 1. The van der Waals surface area contributed by atoms with Crippen LogP contribution in [-0.2, 0) is 0 Å². The number of aromatic nitrogens is 3. The van der Waals surface area contributed by atoms with Crippen molar-refractivity contribution >= 4 is 17.2 Å². The molecule has 0 aliphatic heterocycles. The van der Waals surface area contributed by atoms with E-state index in [1.54, 1.807) is 6.20 Å². The zero-order valence-corrected chi connectivity index (χ0v) is 19.6. The van der Waals surface area contributed by atoms with Crippen LogP contribution >= 0.6 is 0 Å². The van der Waals surface area contributed by atoms with Crippen molar-refractivity contribution in [3.63, 3.8) is 0 Å². The molecule has 0 aliphatic carbocycles. The van der Waals surface area contributed by atoms with Gasteiger partial charge >= 0.3 is 0 Å². The highest BCUT2D eigenvalue weighted by Crippen LogP contribution is 2.25. The summed E-state index contributed by atoms with van der Waals surface area (Å²) in [5.74, 6) is -0.0539. The lowest BCUT2D eigenvalue weighted by molar-refractivity contribution is 0.0952. The average molecular weight is 443 g/mol. The molecular formula is C26H30N6O. The van der Waals surface area contributed by atoms with E-state index in [1.807, 2.05) is 64.8 Å². The van der Waals surface area contributed by atoms with Gasteiger partial charge in [-0.3, -0.25) is 14.2 Å². The Labute approximate surface area is 194 Å². The van der Waals surface area contributed by atoms with Crippen LogP contribution < -0.4 is 10.2 Å². The van der Waals surface area contributed by atoms with Crippen molar-refractivity contribution in [2.24, 2.45) is 0 Å². The van der Waals surface area contributed by atoms with E-state index in [-0.39, 0.29) is 5.91 Å². The number of imidazole rings is 1. The van der Waals surface area contributed by atoms with Gasteiger partial charge in [-0.1, -0.05) is 24.3 Å². The van der Waals surface area contributed by atoms with Gasteiger partial charge in [-0.15, -0.1) is 0 Å². The Hall–Kier alpha value is -3.71. The summed E-state index contributed by atoms with van der Waals surface area (Å²) in [5.41, 5.74) is 6.46. The molecule has 170 valence electrons. The number of fused-ring (bicyclic) bond motifs is 1. The molecule has 0 aliphatic rings. The summed E-state index contributed by atoms with van der Waals surface area (Å²) in [5, 5.41) is 2.97. The number of amides is 1. The average Bonchev–Trinajstić information content (AvgIpc) is 3.25. The van der Waals surface area contributed by atoms with Crippen molar-refractivity contribution in [3.05, 3.63) is 72.7 Å². The molecule has 0 atom stereocenters. The summed E-state index contributed by atoms with van der Waals surface area (Å²) in [7, 11) is 8.11. The fourth-order valence-electron chi connectivity index (χ4n) is 3.67. The van der Waals surface area contributed by atoms with Gasteiger partial charge < -0.3 is 15.1 Å². The number of carbonyl (C=O) groups is 1. The summed E-state index contributed by atoms with van der Waals surface area (Å²) in [6.45, 7) is 1.61. The number of nitrogens with zero attached hydrogens (tertiary/aromatic N) is 5. The predicted molar refractivity (Wildman–Crippen MR) is 134 cm³/mol. The van der Waals surface area contributed by atoms with E-state index in [9.17, 15) is 4.79 Å². The first-order chi connectivity index (χ1) is 15.9. The fourth-order valence-corrected chi connectivity index (χ4v) is 3.67. The molecule has 33 heavy (non-hydrogen) atoms. The zero-order chi connectivity index (χ0) is 23.4. The van der Waals surface area contributed by atoms with Gasteiger partial charge in [-0.2, -0.15) is 0 Å². The lowest BCUT2D eigenvalue weighted by Gasteiger charge is -2.12. The minimum atomic E-state index is -0.0539. The van der Waals surface area contributed by atoms with Gasteiger partial charge in [0.1, 0.15) is 0 Å². The molecule has 2 aromatic heterocycles. The van der Waals surface area contributed by atoms with Gasteiger partial charge in [-0.05, 0) is 51.3 Å². The Morgan fingerprint density at radius 2 is 1.61 bits per heavy atom. The van der Waals surface area contributed by atoms with Gasteiger partial charge in [0.15, 0.2) is 5.65 Å². The van der Waals surface area contributed by atoms with E-state index >= 15 is 0 Å².